The summed E-state index contributed by atoms with van der Waals surface area (Å²) in [4.78, 5) is 69.3. The number of anilines is 4. The number of carbonyl (C=O) groups excluding carboxylic acids is 5. The van der Waals surface area contributed by atoms with Crippen molar-refractivity contribution in [1.82, 2.24) is 5.32 Å². The molecule has 2 N–H and O–H groups in total. The van der Waals surface area contributed by atoms with E-state index in [1.54, 1.807) is 73.6 Å². The summed E-state index contributed by atoms with van der Waals surface area (Å²) < 4.78 is 4.70. The Bertz CT molecular complexity index is 1740. The fourth-order valence-corrected chi connectivity index (χ4v) is 5.43. The van der Waals surface area contributed by atoms with Gasteiger partial charge in [0.2, 0.25) is 17.7 Å². The van der Waals surface area contributed by atoms with E-state index in [9.17, 15) is 24.0 Å². The molecular weight excluding hydrogens is 630 g/mol. The van der Waals surface area contributed by atoms with Crippen LogP contribution in [0.4, 0.5) is 27.5 Å². The van der Waals surface area contributed by atoms with Gasteiger partial charge in [-0.2, -0.15) is 0 Å². The van der Waals surface area contributed by atoms with Gasteiger partial charge in [0.15, 0.2) is 0 Å². The van der Waals surface area contributed by atoms with Crippen LogP contribution < -0.4 is 25.3 Å². The van der Waals surface area contributed by atoms with Crippen LogP contribution in [0.2, 0.25) is 0 Å². The molecule has 0 aromatic heterocycles. The molecule has 11 nitrogen and oxygen atoms in total. The fourth-order valence-electron chi connectivity index (χ4n) is 4.56. The van der Waals surface area contributed by atoms with E-state index < -0.39 is 24.5 Å². The smallest absolute Gasteiger partial charge is 0.319 e. The van der Waals surface area contributed by atoms with E-state index in [-0.39, 0.29) is 30.5 Å². The number of para-hydroxylation sites is 2. The maximum Gasteiger partial charge on any atom is 0.319 e. The molecule has 0 aliphatic heterocycles. The second kappa shape index (κ2) is 17.3. The Hall–Kier alpha value is -5.62. The molecule has 248 valence electrons. The van der Waals surface area contributed by atoms with Crippen LogP contribution in [0, 0.1) is 0 Å². The van der Waals surface area contributed by atoms with Gasteiger partial charge in [-0.3, -0.25) is 19.2 Å². The van der Waals surface area contributed by atoms with E-state index in [2.05, 4.69) is 10.6 Å². The summed E-state index contributed by atoms with van der Waals surface area (Å²) in [5.41, 5.74) is 2.94. The number of hydrogen-bond donors (Lipinski definition) is 2. The third kappa shape index (κ3) is 10.2. The molecule has 0 saturated heterocycles. The maximum absolute atomic E-state index is 13.6. The molecule has 12 heteroatoms. The summed E-state index contributed by atoms with van der Waals surface area (Å²) in [6.07, 6.45) is 0.0434. The Morgan fingerprint density at radius 2 is 1.29 bits per heavy atom. The molecule has 4 aromatic carbocycles. The standard InChI is InChI=1S/C36H37N5O6S/c1-39(28-14-6-4-7-15-28)33(43)24-41(32(42)23-37-36(46)38-27-13-10-12-26(20-27)21-35(45)47-3)30-18-11-19-31(22-30)48-25-34(44)40(2)29-16-8-5-9-17-29/h4-20,22H,21,23-25H2,1-3H3,(H2,37,38,46). The van der Waals surface area contributed by atoms with Gasteiger partial charge in [0.05, 0.1) is 25.8 Å². The van der Waals surface area contributed by atoms with Gasteiger partial charge < -0.3 is 30.1 Å². The number of ether oxygens (including phenoxy) is 1. The van der Waals surface area contributed by atoms with Crippen molar-refractivity contribution in [3.63, 3.8) is 0 Å². The molecule has 48 heavy (non-hydrogen) atoms. The van der Waals surface area contributed by atoms with Crippen LogP contribution in [0.25, 0.3) is 0 Å². The van der Waals surface area contributed by atoms with Gasteiger partial charge in [0, 0.05) is 41.7 Å². The van der Waals surface area contributed by atoms with Crippen molar-refractivity contribution in [2.24, 2.45) is 0 Å². The molecule has 0 aliphatic carbocycles. The van der Waals surface area contributed by atoms with Crippen molar-refractivity contribution in [1.29, 1.82) is 0 Å². The summed E-state index contributed by atoms with van der Waals surface area (Å²) in [6, 6.07) is 31.4. The average molecular weight is 668 g/mol. The lowest BCUT2D eigenvalue weighted by Gasteiger charge is -2.26. The number of methoxy groups -OCH3 is 1. The first kappa shape index (κ1) is 35.2. The van der Waals surface area contributed by atoms with Gasteiger partial charge in [0.25, 0.3) is 0 Å². The molecule has 0 unspecified atom stereocenters. The van der Waals surface area contributed by atoms with Crippen molar-refractivity contribution in [2.45, 2.75) is 11.3 Å². The Balaban J connectivity index is 1.46. The molecule has 4 rings (SSSR count). The highest BCUT2D eigenvalue weighted by Gasteiger charge is 2.23. The number of amides is 5. The lowest BCUT2D eigenvalue weighted by atomic mass is 10.1. The highest BCUT2D eigenvalue weighted by molar-refractivity contribution is 8.00. The van der Waals surface area contributed by atoms with Crippen molar-refractivity contribution in [2.75, 3.05) is 60.1 Å². The zero-order chi connectivity index (χ0) is 34.5. The monoisotopic (exact) mass is 667 g/mol. The summed E-state index contributed by atoms with van der Waals surface area (Å²) in [5, 5.41) is 5.21. The van der Waals surface area contributed by atoms with Gasteiger partial charge in [-0.25, -0.2) is 4.79 Å². The SMILES string of the molecule is COC(=O)Cc1cccc(NC(=O)NCC(=O)N(CC(=O)N(C)c2ccccc2)c2cccc(SCC(=O)N(C)c3ccccc3)c2)c1. The summed E-state index contributed by atoms with van der Waals surface area (Å²) in [6.45, 7) is -0.708. The molecule has 0 radical (unpaired) electrons. The molecule has 4 aromatic rings. The van der Waals surface area contributed by atoms with Crippen molar-refractivity contribution < 1.29 is 28.7 Å². The minimum absolute atomic E-state index is 0.0434. The second-order valence-corrected chi connectivity index (χ2v) is 11.7. The van der Waals surface area contributed by atoms with Crippen LogP contribution in [-0.2, 0) is 30.3 Å². The Morgan fingerprint density at radius 1 is 0.688 bits per heavy atom. The van der Waals surface area contributed by atoms with Crippen LogP contribution >= 0.6 is 11.8 Å². The van der Waals surface area contributed by atoms with Crippen LogP contribution in [-0.4, -0.2) is 69.8 Å². The van der Waals surface area contributed by atoms with Gasteiger partial charge >= 0.3 is 12.0 Å². The van der Waals surface area contributed by atoms with Crippen LogP contribution in [0.15, 0.2) is 114 Å². The Morgan fingerprint density at radius 3 is 1.94 bits per heavy atom. The molecular formula is C36H37N5O6S. The average Bonchev–Trinajstić information content (AvgIpc) is 3.12. The number of nitrogens with zero attached hydrogens (tertiary/aromatic N) is 3. The number of likely N-dealkylation sites (N-methyl/N-ethyl adjacent to an activating group) is 1. The van der Waals surface area contributed by atoms with E-state index in [4.69, 9.17) is 4.74 Å². The number of esters is 1. The second-order valence-electron chi connectivity index (χ2n) is 10.6. The Kier molecular flexibility index (Phi) is 12.7. The number of rotatable bonds is 13. The summed E-state index contributed by atoms with van der Waals surface area (Å²) >= 11 is 1.31. The first-order valence-electron chi connectivity index (χ1n) is 15.0. The molecule has 0 heterocycles. The lowest BCUT2D eigenvalue weighted by molar-refractivity contribution is -0.139. The van der Waals surface area contributed by atoms with E-state index >= 15 is 0 Å². The zero-order valence-corrected chi connectivity index (χ0v) is 27.7. The lowest BCUT2D eigenvalue weighted by Crippen LogP contribution is -2.46. The largest absolute Gasteiger partial charge is 0.469 e. The van der Waals surface area contributed by atoms with Crippen molar-refractivity contribution in [3.8, 4) is 0 Å². The van der Waals surface area contributed by atoms with Gasteiger partial charge in [-0.1, -0.05) is 54.6 Å². The van der Waals surface area contributed by atoms with E-state index in [1.807, 2.05) is 54.6 Å². The van der Waals surface area contributed by atoms with Crippen molar-refractivity contribution >= 4 is 64.2 Å². The van der Waals surface area contributed by atoms with Gasteiger partial charge in [0.1, 0.15) is 6.54 Å². The minimum atomic E-state index is -0.642. The Labute approximate surface area is 283 Å². The molecule has 0 spiro atoms. The van der Waals surface area contributed by atoms with Crippen LogP contribution in [0.1, 0.15) is 5.56 Å². The van der Waals surface area contributed by atoms with Crippen LogP contribution in [0.5, 0.6) is 0 Å². The number of hydrogen-bond acceptors (Lipinski definition) is 7. The summed E-state index contributed by atoms with van der Waals surface area (Å²) in [7, 11) is 4.64. The molecule has 0 atom stereocenters. The quantitative estimate of drug-likeness (QED) is 0.152. The van der Waals surface area contributed by atoms with Gasteiger partial charge in [-0.15, -0.1) is 11.8 Å². The number of carbonyl (C=O) groups is 5. The van der Waals surface area contributed by atoms with E-state index in [0.717, 1.165) is 10.6 Å². The van der Waals surface area contributed by atoms with E-state index in [1.165, 1.54) is 28.7 Å². The zero-order valence-electron chi connectivity index (χ0n) is 26.9. The maximum atomic E-state index is 13.6. The number of benzene rings is 4. The predicted octanol–water partition coefficient (Wildman–Crippen LogP) is 4.97. The molecule has 0 fully saturated rings. The number of urea groups is 1. The first-order valence-corrected chi connectivity index (χ1v) is 16.0. The molecule has 0 aliphatic rings. The fraction of sp³-hybridized carbons (Fsp3) is 0.194. The molecule has 0 bridgehead atoms. The van der Waals surface area contributed by atoms with Crippen LogP contribution in [0.3, 0.4) is 0 Å². The topological polar surface area (TPSA) is 128 Å². The highest BCUT2D eigenvalue weighted by Crippen LogP contribution is 2.26. The first-order chi connectivity index (χ1) is 23.1. The molecule has 5 amide bonds. The molecule has 0 saturated carbocycles. The number of nitrogens with one attached hydrogen (secondary N) is 2. The highest BCUT2D eigenvalue weighted by atomic mass is 32.2. The number of thioether (sulfide) groups is 1. The van der Waals surface area contributed by atoms with Crippen molar-refractivity contribution in [3.05, 3.63) is 115 Å². The van der Waals surface area contributed by atoms with Gasteiger partial charge in [-0.05, 0) is 60.2 Å². The van der Waals surface area contributed by atoms with E-state index in [0.29, 0.717) is 22.6 Å². The summed E-state index contributed by atoms with van der Waals surface area (Å²) in [5.74, 6) is -1.24. The third-order valence-electron chi connectivity index (χ3n) is 7.28. The normalized spacial score (nSPS) is 10.4. The third-order valence-corrected chi connectivity index (χ3v) is 8.26. The predicted molar refractivity (Wildman–Crippen MR) is 188 cm³/mol. The minimum Gasteiger partial charge on any atom is -0.469 e.